The van der Waals surface area contributed by atoms with E-state index in [9.17, 15) is 14.4 Å². The second-order valence-corrected chi connectivity index (χ2v) is 6.85. The second kappa shape index (κ2) is 8.25. The van der Waals surface area contributed by atoms with Crippen LogP contribution in [0.15, 0.2) is 48.5 Å². The third kappa shape index (κ3) is 3.76. The summed E-state index contributed by atoms with van der Waals surface area (Å²) < 4.78 is 5.36. The lowest BCUT2D eigenvalue weighted by molar-refractivity contribution is -0.136. The van der Waals surface area contributed by atoms with Gasteiger partial charge in [0.25, 0.3) is 5.91 Å². The number of para-hydroxylation sites is 2. The van der Waals surface area contributed by atoms with Crippen molar-refractivity contribution in [3.63, 3.8) is 0 Å². The molecule has 0 aliphatic carbocycles. The molecular formula is C22H24N2O4. The Balaban J connectivity index is 1.81. The van der Waals surface area contributed by atoms with Crippen LogP contribution in [0.25, 0.3) is 0 Å². The number of imide groups is 1. The van der Waals surface area contributed by atoms with E-state index in [-0.39, 0.29) is 24.1 Å². The molecule has 3 amide bonds. The number of ether oxygens (including phenoxy) is 1. The summed E-state index contributed by atoms with van der Waals surface area (Å²) in [5, 5.41) is 0. The Labute approximate surface area is 164 Å². The van der Waals surface area contributed by atoms with Crippen molar-refractivity contribution in [1.29, 1.82) is 0 Å². The van der Waals surface area contributed by atoms with E-state index < -0.39 is 6.04 Å². The maximum atomic E-state index is 13.0. The number of anilines is 1. The molecule has 0 spiro atoms. The van der Waals surface area contributed by atoms with Crippen molar-refractivity contribution in [2.45, 2.75) is 32.7 Å². The number of nitrogens with zero attached hydrogens (tertiary/aromatic N) is 2. The van der Waals surface area contributed by atoms with E-state index in [0.717, 1.165) is 16.9 Å². The van der Waals surface area contributed by atoms with E-state index in [2.05, 4.69) is 0 Å². The van der Waals surface area contributed by atoms with E-state index in [4.69, 9.17) is 4.74 Å². The molecule has 2 aromatic rings. The van der Waals surface area contributed by atoms with Crippen LogP contribution < -0.4 is 9.64 Å². The average Bonchev–Trinajstić information content (AvgIpc) is 2.96. The predicted molar refractivity (Wildman–Crippen MR) is 106 cm³/mol. The van der Waals surface area contributed by atoms with Crippen LogP contribution in [0.2, 0.25) is 0 Å². The Bertz CT molecular complexity index is 909. The van der Waals surface area contributed by atoms with Crippen LogP contribution in [0.5, 0.6) is 5.75 Å². The average molecular weight is 380 g/mol. The maximum Gasteiger partial charge on any atom is 0.257 e. The first-order valence-corrected chi connectivity index (χ1v) is 9.25. The summed E-state index contributed by atoms with van der Waals surface area (Å²) in [4.78, 5) is 40.6. The first-order chi connectivity index (χ1) is 13.4. The van der Waals surface area contributed by atoms with Crippen molar-refractivity contribution < 1.29 is 19.1 Å². The van der Waals surface area contributed by atoms with E-state index >= 15 is 0 Å². The molecule has 1 saturated heterocycles. The smallest absolute Gasteiger partial charge is 0.257 e. The molecule has 1 heterocycles. The van der Waals surface area contributed by atoms with Gasteiger partial charge in [-0.2, -0.15) is 0 Å². The van der Waals surface area contributed by atoms with E-state index in [0.29, 0.717) is 18.7 Å². The number of rotatable bonds is 6. The molecule has 3 rings (SSSR count). The molecule has 2 aromatic carbocycles. The topological polar surface area (TPSA) is 66.9 Å². The van der Waals surface area contributed by atoms with Gasteiger partial charge in [0.05, 0.1) is 19.2 Å². The first-order valence-electron chi connectivity index (χ1n) is 9.25. The van der Waals surface area contributed by atoms with Crippen LogP contribution in [0.3, 0.4) is 0 Å². The zero-order chi connectivity index (χ0) is 20.3. The lowest BCUT2D eigenvalue weighted by Gasteiger charge is -2.27. The molecule has 6 heteroatoms. The molecule has 0 radical (unpaired) electrons. The summed E-state index contributed by atoms with van der Waals surface area (Å²) in [6.07, 6.45) is 0.532. The van der Waals surface area contributed by atoms with E-state index in [1.807, 2.05) is 43.3 Å². The van der Waals surface area contributed by atoms with Crippen LogP contribution in [-0.4, -0.2) is 42.3 Å². The number of methoxy groups -OCH3 is 1. The third-order valence-corrected chi connectivity index (χ3v) is 5.07. The molecule has 0 aromatic heterocycles. The van der Waals surface area contributed by atoms with Gasteiger partial charge in [-0.15, -0.1) is 0 Å². The van der Waals surface area contributed by atoms with Crippen LogP contribution in [0, 0.1) is 6.92 Å². The first kappa shape index (κ1) is 19.6. The number of carbonyl (C=O) groups is 3. The van der Waals surface area contributed by atoms with Gasteiger partial charge in [0.1, 0.15) is 11.8 Å². The normalized spacial score (nSPS) is 16.4. The molecule has 146 valence electrons. The highest BCUT2D eigenvalue weighted by atomic mass is 16.5. The van der Waals surface area contributed by atoms with Gasteiger partial charge in [0.2, 0.25) is 11.8 Å². The lowest BCUT2D eigenvalue weighted by atomic mass is 10.1. The Morgan fingerprint density at radius 1 is 1.14 bits per heavy atom. The fraction of sp³-hybridized carbons (Fsp3) is 0.318. The van der Waals surface area contributed by atoms with Crippen LogP contribution >= 0.6 is 0 Å². The fourth-order valence-electron chi connectivity index (χ4n) is 3.61. The summed E-state index contributed by atoms with van der Waals surface area (Å²) in [5.74, 6) is -0.128. The van der Waals surface area contributed by atoms with Crippen molar-refractivity contribution in [3.05, 3.63) is 59.7 Å². The van der Waals surface area contributed by atoms with Gasteiger partial charge in [-0.3, -0.25) is 14.4 Å². The van der Waals surface area contributed by atoms with Gasteiger partial charge in [-0.25, -0.2) is 4.90 Å². The molecule has 0 bridgehead atoms. The van der Waals surface area contributed by atoms with Crippen LogP contribution in [0.1, 0.15) is 24.5 Å². The maximum absolute atomic E-state index is 13.0. The number of hydrogen-bond acceptors (Lipinski definition) is 4. The second-order valence-electron chi connectivity index (χ2n) is 6.85. The molecule has 1 fully saturated rings. The van der Waals surface area contributed by atoms with Gasteiger partial charge in [0.15, 0.2) is 0 Å². The van der Waals surface area contributed by atoms with Gasteiger partial charge in [0, 0.05) is 13.5 Å². The predicted octanol–water partition coefficient (Wildman–Crippen LogP) is 2.73. The van der Waals surface area contributed by atoms with E-state index in [1.165, 1.54) is 16.7 Å². The molecule has 1 aliphatic rings. The lowest BCUT2D eigenvalue weighted by Crippen LogP contribution is -2.45. The van der Waals surface area contributed by atoms with Gasteiger partial charge in [-0.1, -0.05) is 36.4 Å². The molecule has 28 heavy (non-hydrogen) atoms. The van der Waals surface area contributed by atoms with E-state index in [1.54, 1.807) is 19.2 Å². The molecule has 6 nitrogen and oxygen atoms in total. The molecular weight excluding hydrogens is 356 g/mol. The van der Waals surface area contributed by atoms with Crippen LogP contribution in [-0.2, 0) is 20.8 Å². The fourth-order valence-corrected chi connectivity index (χ4v) is 3.61. The number of aryl methyl sites for hydroxylation is 1. The Hall–Kier alpha value is -3.15. The zero-order valence-corrected chi connectivity index (χ0v) is 16.3. The highest BCUT2D eigenvalue weighted by Crippen LogP contribution is 2.28. The number of carbonyl (C=O) groups excluding carboxylic acids is 3. The third-order valence-electron chi connectivity index (χ3n) is 5.07. The quantitative estimate of drug-likeness (QED) is 0.723. The summed E-state index contributed by atoms with van der Waals surface area (Å²) in [5.41, 5.74) is 2.37. The summed E-state index contributed by atoms with van der Waals surface area (Å²) in [7, 11) is 1.60. The summed E-state index contributed by atoms with van der Waals surface area (Å²) >= 11 is 0. The van der Waals surface area contributed by atoms with Crippen molar-refractivity contribution >= 4 is 23.4 Å². The standard InChI is InChI=1S/C22H24N2O4/c1-15-8-4-6-10-18(15)24-21(26)14-19(22(24)27)23(16(2)25)13-12-17-9-5-7-11-20(17)28-3/h4-11,19H,12-14H2,1-3H3/t19-/m0/s1. The summed E-state index contributed by atoms with van der Waals surface area (Å²) in [6, 6.07) is 14.0. The number of benzene rings is 2. The molecule has 1 atom stereocenters. The zero-order valence-electron chi connectivity index (χ0n) is 16.3. The van der Waals surface area contributed by atoms with Crippen molar-refractivity contribution in [2.75, 3.05) is 18.6 Å². The minimum atomic E-state index is -0.778. The Kier molecular flexibility index (Phi) is 5.78. The van der Waals surface area contributed by atoms with Crippen LogP contribution in [0.4, 0.5) is 5.69 Å². The number of amides is 3. The van der Waals surface area contributed by atoms with Gasteiger partial charge < -0.3 is 9.64 Å². The Morgan fingerprint density at radius 2 is 1.82 bits per heavy atom. The molecule has 0 saturated carbocycles. The SMILES string of the molecule is COc1ccccc1CCN(C(C)=O)[C@H]1CC(=O)N(c2ccccc2C)C1=O. The summed E-state index contributed by atoms with van der Waals surface area (Å²) in [6.45, 7) is 3.62. The molecule has 0 unspecified atom stereocenters. The monoisotopic (exact) mass is 380 g/mol. The van der Waals surface area contributed by atoms with Crippen molar-refractivity contribution in [2.24, 2.45) is 0 Å². The largest absolute Gasteiger partial charge is 0.496 e. The molecule has 1 aliphatic heterocycles. The number of hydrogen-bond donors (Lipinski definition) is 0. The van der Waals surface area contributed by atoms with Gasteiger partial charge in [-0.05, 0) is 36.6 Å². The van der Waals surface area contributed by atoms with Crippen molar-refractivity contribution in [3.8, 4) is 5.75 Å². The van der Waals surface area contributed by atoms with Gasteiger partial charge >= 0.3 is 0 Å². The Morgan fingerprint density at radius 3 is 2.50 bits per heavy atom. The minimum absolute atomic E-state index is 0.00132. The molecule has 0 N–H and O–H groups in total. The minimum Gasteiger partial charge on any atom is -0.496 e. The highest BCUT2D eigenvalue weighted by Gasteiger charge is 2.43. The van der Waals surface area contributed by atoms with Crippen molar-refractivity contribution in [1.82, 2.24) is 4.90 Å². The highest BCUT2D eigenvalue weighted by molar-refractivity contribution is 6.23.